The van der Waals surface area contributed by atoms with E-state index in [4.69, 9.17) is 4.74 Å². The van der Waals surface area contributed by atoms with Crippen LogP contribution in [0.5, 0.6) is 5.75 Å². The fourth-order valence-corrected chi connectivity index (χ4v) is 2.60. The van der Waals surface area contributed by atoms with Crippen LogP contribution in [0.3, 0.4) is 0 Å². The summed E-state index contributed by atoms with van der Waals surface area (Å²) in [5.74, 6) is 2.15. The van der Waals surface area contributed by atoms with E-state index < -0.39 is 0 Å². The van der Waals surface area contributed by atoms with E-state index in [1.54, 1.807) is 13.2 Å². The lowest BCUT2D eigenvalue weighted by Crippen LogP contribution is -2.23. The summed E-state index contributed by atoms with van der Waals surface area (Å²) < 4.78 is 8.74. The zero-order valence-corrected chi connectivity index (χ0v) is 13.8. The van der Waals surface area contributed by atoms with Crippen LogP contribution in [-0.2, 0) is 6.54 Å². The number of aromatic nitrogens is 4. The summed E-state index contributed by atoms with van der Waals surface area (Å²) in [6.07, 6.45) is 0. The van der Waals surface area contributed by atoms with Crippen LogP contribution in [0, 0.1) is 6.92 Å². The number of aryl methyl sites for hydroxylation is 1. The zero-order chi connectivity index (χ0) is 16.6. The van der Waals surface area contributed by atoms with Gasteiger partial charge >= 0.3 is 0 Å². The monoisotopic (exact) mass is 312 g/mol. The van der Waals surface area contributed by atoms with Gasteiger partial charge in [-0.05, 0) is 18.9 Å². The summed E-state index contributed by atoms with van der Waals surface area (Å²) in [7, 11) is 1.64. The van der Waals surface area contributed by atoms with Gasteiger partial charge in [-0.25, -0.2) is 4.98 Å². The first-order chi connectivity index (χ1) is 11.0. The molecule has 0 aliphatic heterocycles. The maximum atomic E-state index is 12.5. The van der Waals surface area contributed by atoms with Gasteiger partial charge in [-0.2, -0.15) is 9.50 Å². The number of hydrogen-bond donors (Lipinski definition) is 0. The van der Waals surface area contributed by atoms with Crippen molar-refractivity contribution in [1.29, 1.82) is 0 Å². The van der Waals surface area contributed by atoms with Crippen LogP contribution in [0.1, 0.15) is 36.8 Å². The molecule has 120 valence electrons. The minimum Gasteiger partial charge on any atom is -0.496 e. The molecule has 2 heterocycles. The molecule has 6 nitrogen and oxygen atoms in total. The maximum Gasteiger partial charge on any atom is 0.274 e. The minimum absolute atomic E-state index is 0.116. The van der Waals surface area contributed by atoms with Gasteiger partial charge in [-0.15, -0.1) is 0 Å². The lowest BCUT2D eigenvalue weighted by Gasteiger charge is -2.11. The Bertz CT molecular complexity index is 909. The summed E-state index contributed by atoms with van der Waals surface area (Å²) in [6, 6.07) is 9.33. The van der Waals surface area contributed by atoms with Crippen LogP contribution < -0.4 is 10.3 Å². The van der Waals surface area contributed by atoms with Gasteiger partial charge in [-0.3, -0.25) is 9.48 Å². The molecular weight excluding hydrogens is 292 g/mol. The first-order valence-electron chi connectivity index (χ1n) is 7.60. The molecule has 0 aliphatic rings. The van der Waals surface area contributed by atoms with Crippen molar-refractivity contribution in [2.24, 2.45) is 0 Å². The Morgan fingerprint density at radius 3 is 2.65 bits per heavy atom. The molecule has 3 aromatic rings. The van der Waals surface area contributed by atoms with Gasteiger partial charge in [0.2, 0.25) is 0 Å². The molecule has 0 saturated heterocycles. The highest BCUT2D eigenvalue weighted by Crippen LogP contribution is 2.19. The molecule has 0 spiro atoms. The average molecular weight is 312 g/mol. The van der Waals surface area contributed by atoms with Gasteiger partial charge in [-0.1, -0.05) is 32.0 Å². The second kappa shape index (κ2) is 5.87. The molecule has 2 aromatic heterocycles. The van der Waals surface area contributed by atoms with Gasteiger partial charge in [0.1, 0.15) is 11.6 Å². The molecule has 1 aromatic carbocycles. The Morgan fingerprint density at radius 1 is 1.22 bits per heavy atom. The summed E-state index contributed by atoms with van der Waals surface area (Å²) in [6.45, 7) is 6.39. The topological polar surface area (TPSA) is 61.4 Å². The van der Waals surface area contributed by atoms with Crippen molar-refractivity contribution < 1.29 is 4.74 Å². The average Bonchev–Trinajstić information content (AvgIpc) is 2.84. The number of ether oxygens (including phenoxy) is 1. The fraction of sp³-hybridized carbons (Fsp3) is 0.353. The molecule has 0 unspecified atom stereocenters. The largest absolute Gasteiger partial charge is 0.496 e. The Morgan fingerprint density at radius 2 is 1.96 bits per heavy atom. The third-order valence-electron chi connectivity index (χ3n) is 3.88. The van der Waals surface area contributed by atoms with E-state index in [2.05, 4.69) is 9.97 Å². The van der Waals surface area contributed by atoms with Crippen LogP contribution in [-0.4, -0.2) is 26.3 Å². The molecule has 0 N–H and O–H groups in total. The van der Waals surface area contributed by atoms with Gasteiger partial charge < -0.3 is 4.74 Å². The van der Waals surface area contributed by atoms with Crippen molar-refractivity contribution in [3.63, 3.8) is 0 Å². The molecule has 0 atom stereocenters. The molecular formula is C17H20N4O2. The molecule has 23 heavy (non-hydrogen) atoms. The predicted octanol–water partition coefficient (Wildman–Crippen LogP) is 2.38. The van der Waals surface area contributed by atoms with Gasteiger partial charge in [0, 0.05) is 11.6 Å². The number of fused-ring (bicyclic) bond motifs is 1. The van der Waals surface area contributed by atoms with Crippen LogP contribution >= 0.6 is 0 Å². The molecule has 6 heteroatoms. The predicted molar refractivity (Wildman–Crippen MR) is 88.2 cm³/mol. The summed E-state index contributed by atoms with van der Waals surface area (Å²) in [4.78, 5) is 21.5. The van der Waals surface area contributed by atoms with Gasteiger partial charge in [0.25, 0.3) is 11.3 Å². The van der Waals surface area contributed by atoms with E-state index >= 15 is 0 Å². The van der Waals surface area contributed by atoms with Crippen molar-refractivity contribution in [2.45, 2.75) is 33.2 Å². The Labute approximate surface area is 134 Å². The van der Waals surface area contributed by atoms with E-state index in [1.807, 2.05) is 49.7 Å². The second-order valence-corrected chi connectivity index (χ2v) is 5.81. The van der Waals surface area contributed by atoms with Crippen LogP contribution in [0.2, 0.25) is 0 Å². The molecule has 0 radical (unpaired) electrons. The Balaban J connectivity index is 2.15. The van der Waals surface area contributed by atoms with Crippen molar-refractivity contribution in [1.82, 2.24) is 19.2 Å². The van der Waals surface area contributed by atoms with Crippen LogP contribution in [0.4, 0.5) is 0 Å². The molecule has 3 rings (SSSR count). The quantitative estimate of drug-likeness (QED) is 0.742. The minimum atomic E-state index is -0.116. The highest BCUT2D eigenvalue weighted by atomic mass is 16.5. The van der Waals surface area contributed by atoms with Crippen molar-refractivity contribution in [3.8, 4) is 5.75 Å². The molecule has 0 bridgehead atoms. The molecule has 0 fully saturated rings. The zero-order valence-electron chi connectivity index (χ0n) is 13.8. The van der Waals surface area contributed by atoms with E-state index in [1.165, 1.54) is 4.52 Å². The van der Waals surface area contributed by atoms with Crippen LogP contribution in [0.25, 0.3) is 5.78 Å². The maximum absolute atomic E-state index is 12.5. The van der Waals surface area contributed by atoms with E-state index in [0.29, 0.717) is 12.3 Å². The smallest absolute Gasteiger partial charge is 0.274 e. The van der Waals surface area contributed by atoms with E-state index in [9.17, 15) is 4.79 Å². The van der Waals surface area contributed by atoms with Crippen LogP contribution in [0.15, 0.2) is 35.1 Å². The lowest BCUT2D eigenvalue weighted by atomic mass is 10.1. The number of nitrogens with zero attached hydrogens (tertiary/aromatic N) is 4. The summed E-state index contributed by atoms with van der Waals surface area (Å²) in [5.41, 5.74) is 1.63. The third kappa shape index (κ3) is 2.72. The normalized spacial score (nSPS) is 11.3. The number of benzene rings is 1. The molecule has 0 saturated carbocycles. The number of para-hydroxylation sites is 1. The first-order valence-corrected chi connectivity index (χ1v) is 7.60. The second-order valence-electron chi connectivity index (χ2n) is 5.81. The van der Waals surface area contributed by atoms with Crippen molar-refractivity contribution in [3.05, 3.63) is 57.8 Å². The molecule has 0 aliphatic carbocycles. The molecule has 0 amide bonds. The highest BCUT2D eigenvalue weighted by Gasteiger charge is 2.14. The number of methoxy groups -OCH3 is 1. The third-order valence-corrected chi connectivity index (χ3v) is 3.88. The summed E-state index contributed by atoms with van der Waals surface area (Å²) >= 11 is 0. The van der Waals surface area contributed by atoms with Crippen molar-refractivity contribution >= 4 is 5.78 Å². The number of rotatable bonds is 4. The lowest BCUT2D eigenvalue weighted by molar-refractivity contribution is 0.406. The van der Waals surface area contributed by atoms with Gasteiger partial charge in [0.15, 0.2) is 0 Å². The number of hydrogen-bond acceptors (Lipinski definition) is 4. The van der Waals surface area contributed by atoms with Crippen molar-refractivity contribution in [2.75, 3.05) is 7.11 Å². The summed E-state index contributed by atoms with van der Waals surface area (Å²) in [5, 5.41) is 0. The Hall–Kier alpha value is -2.63. The Kier molecular flexibility index (Phi) is 3.90. The highest BCUT2D eigenvalue weighted by molar-refractivity contribution is 5.35. The first kappa shape index (κ1) is 15.3. The van der Waals surface area contributed by atoms with E-state index in [-0.39, 0.29) is 11.5 Å². The fourth-order valence-electron chi connectivity index (χ4n) is 2.60. The standard InChI is InChI=1S/C17H20N4O2/c1-11(2)14-9-16(22)21-17(19-14)18-12(3)20(21)10-13-7-5-6-8-15(13)23-4/h5-9,11H,10H2,1-4H3. The van der Waals surface area contributed by atoms with E-state index in [0.717, 1.165) is 22.8 Å². The SMILES string of the molecule is COc1ccccc1Cn1c(C)nc2nc(C(C)C)cc(=O)n21. The van der Waals surface area contributed by atoms with Gasteiger partial charge in [0.05, 0.1) is 19.3 Å².